The Kier molecular flexibility index (Phi) is 5.41. The third-order valence-electron chi connectivity index (χ3n) is 4.36. The van der Waals surface area contributed by atoms with Gasteiger partial charge in [-0.05, 0) is 55.7 Å². The van der Waals surface area contributed by atoms with E-state index in [9.17, 15) is 18.0 Å². The number of hydrogen-bond acceptors (Lipinski definition) is 2. The van der Waals surface area contributed by atoms with Crippen molar-refractivity contribution in [1.82, 2.24) is 0 Å². The number of nitrogens with zero attached hydrogens (tertiary/aromatic N) is 1. The molecule has 1 amide bonds. The number of halogens is 4. The summed E-state index contributed by atoms with van der Waals surface area (Å²) in [6.07, 6.45) is -1.21. The third-order valence-corrected chi connectivity index (χ3v) is 4.59. The maximum Gasteiger partial charge on any atom is 0.416 e. The molecule has 1 fully saturated rings. The van der Waals surface area contributed by atoms with Gasteiger partial charge in [-0.1, -0.05) is 17.7 Å². The highest BCUT2D eigenvalue weighted by atomic mass is 35.5. The second-order valence-corrected chi connectivity index (χ2v) is 6.68. The van der Waals surface area contributed by atoms with Crippen LogP contribution in [-0.2, 0) is 6.18 Å². The Labute approximate surface area is 154 Å². The van der Waals surface area contributed by atoms with Gasteiger partial charge in [-0.3, -0.25) is 4.79 Å². The van der Waals surface area contributed by atoms with E-state index in [-0.39, 0.29) is 5.56 Å². The topological polar surface area (TPSA) is 32.3 Å². The molecule has 0 aliphatic carbocycles. The molecular formula is C19H18ClF3N2O. The lowest BCUT2D eigenvalue weighted by atomic mass is 10.1. The minimum Gasteiger partial charge on any atom is -0.370 e. The van der Waals surface area contributed by atoms with Crippen LogP contribution in [0.5, 0.6) is 0 Å². The highest BCUT2D eigenvalue weighted by Crippen LogP contribution is 2.32. The van der Waals surface area contributed by atoms with Crippen LogP contribution in [0.15, 0.2) is 42.5 Å². The Balaban J connectivity index is 1.86. The fourth-order valence-corrected chi connectivity index (χ4v) is 3.22. The molecule has 0 unspecified atom stereocenters. The molecule has 0 saturated carbocycles. The number of amides is 1. The Bertz CT molecular complexity index is 802. The molecule has 1 saturated heterocycles. The number of piperidine rings is 1. The molecule has 3 nitrogen and oxygen atoms in total. The number of alkyl halides is 3. The lowest BCUT2D eigenvalue weighted by Gasteiger charge is -2.30. The van der Waals surface area contributed by atoms with Crippen LogP contribution in [0.2, 0.25) is 5.02 Å². The van der Waals surface area contributed by atoms with Crippen molar-refractivity contribution < 1.29 is 18.0 Å². The second-order valence-electron chi connectivity index (χ2n) is 6.24. The molecule has 2 aromatic carbocycles. The van der Waals surface area contributed by atoms with E-state index in [2.05, 4.69) is 10.2 Å². The Morgan fingerprint density at radius 3 is 2.46 bits per heavy atom. The van der Waals surface area contributed by atoms with Crippen LogP contribution in [0.3, 0.4) is 0 Å². The number of carbonyl (C=O) groups is 1. The summed E-state index contributed by atoms with van der Waals surface area (Å²) in [4.78, 5) is 14.7. The largest absolute Gasteiger partial charge is 0.416 e. The van der Waals surface area contributed by atoms with Crippen LogP contribution in [0.1, 0.15) is 35.2 Å². The van der Waals surface area contributed by atoms with Crippen molar-refractivity contribution >= 4 is 28.9 Å². The third kappa shape index (κ3) is 4.30. The van der Waals surface area contributed by atoms with Crippen LogP contribution in [0, 0.1) is 0 Å². The molecule has 3 rings (SSSR count). The van der Waals surface area contributed by atoms with Crippen molar-refractivity contribution in [2.75, 3.05) is 23.3 Å². The van der Waals surface area contributed by atoms with Gasteiger partial charge >= 0.3 is 6.18 Å². The van der Waals surface area contributed by atoms with E-state index in [4.69, 9.17) is 11.6 Å². The lowest BCUT2D eigenvalue weighted by molar-refractivity contribution is -0.137. The molecule has 7 heteroatoms. The van der Waals surface area contributed by atoms with Gasteiger partial charge in [-0.2, -0.15) is 13.2 Å². The zero-order valence-electron chi connectivity index (χ0n) is 13.9. The molecule has 0 radical (unpaired) electrons. The van der Waals surface area contributed by atoms with E-state index < -0.39 is 17.6 Å². The maximum absolute atomic E-state index is 12.9. The summed E-state index contributed by atoms with van der Waals surface area (Å²) in [6.45, 7) is 1.74. The predicted molar refractivity (Wildman–Crippen MR) is 96.9 cm³/mol. The average molecular weight is 383 g/mol. The van der Waals surface area contributed by atoms with E-state index in [0.717, 1.165) is 50.2 Å². The molecule has 0 aromatic heterocycles. The summed E-state index contributed by atoms with van der Waals surface area (Å²) in [7, 11) is 0. The molecule has 2 aromatic rings. The van der Waals surface area contributed by atoms with Gasteiger partial charge in [-0.25, -0.2) is 0 Å². The molecule has 1 N–H and O–H groups in total. The first kappa shape index (κ1) is 18.6. The van der Waals surface area contributed by atoms with E-state index in [0.29, 0.717) is 10.7 Å². The van der Waals surface area contributed by atoms with Crippen LogP contribution in [0.4, 0.5) is 24.5 Å². The van der Waals surface area contributed by atoms with E-state index in [1.165, 1.54) is 12.1 Å². The van der Waals surface area contributed by atoms with Gasteiger partial charge < -0.3 is 10.2 Å². The quantitative estimate of drug-likeness (QED) is 0.749. The number of rotatable bonds is 3. The lowest BCUT2D eigenvalue weighted by Crippen LogP contribution is -2.30. The number of nitrogens with one attached hydrogen (secondary N) is 1. The monoisotopic (exact) mass is 382 g/mol. The summed E-state index contributed by atoms with van der Waals surface area (Å²) in [6, 6.07) is 9.56. The van der Waals surface area contributed by atoms with Gasteiger partial charge in [0.1, 0.15) is 0 Å². The Hall–Kier alpha value is -2.21. The molecule has 1 aliphatic rings. The van der Waals surface area contributed by atoms with E-state index >= 15 is 0 Å². The molecule has 0 bridgehead atoms. The Morgan fingerprint density at radius 2 is 1.77 bits per heavy atom. The highest BCUT2D eigenvalue weighted by Gasteiger charge is 2.31. The smallest absolute Gasteiger partial charge is 0.370 e. The van der Waals surface area contributed by atoms with Gasteiger partial charge in [0.15, 0.2) is 0 Å². The van der Waals surface area contributed by atoms with Gasteiger partial charge in [0.25, 0.3) is 5.91 Å². The van der Waals surface area contributed by atoms with Crippen LogP contribution >= 0.6 is 11.6 Å². The number of anilines is 2. The first-order valence-corrected chi connectivity index (χ1v) is 8.75. The summed E-state index contributed by atoms with van der Waals surface area (Å²) in [5.74, 6) is -0.600. The Morgan fingerprint density at radius 1 is 1.04 bits per heavy atom. The summed E-state index contributed by atoms with van der Waals surface area (Å²) in [5.41, 5.74) is 0.424. The normalized spacial score (nSPS) is 15.0. The number of benzene rings is 2. The SMILES string of the molecule is O=C(Nc1cc(Cl)ccc1N1CCCCC1)c1cccc(C(F)(F)F)c1. The molecule has 138 valence electrons. The first-order valence-electron chi connectivity index (χ1n) is 8.38. The van der Waals surface area contributed by atoms with Crippen LogP contribution < -0.4 is 10.2 Å². The fraction of sp³-hybridized carbons (Fsp3) is 0.316. The van der Waals surface area contributed by atoms with Crippen molar-refractivity contribution in [2.45, 2.75) is 25.4 Å². The van der Waals surface area contributed by atoms with Gasteiger partial charge in [0, 0.05) is 23.7 Å². The molecule has 1 aliphatic heterocycles. The summed E-state index contributed by atoms with van der Waals surface area (Å²) in [5, 5.41) is 3.16. The highest BCUT2D eigenvalue weighted by molar-refractivity contribution is 6.31. The van der Waals surface area contributed by atoms with E-state index in [1.54, 1.807) is 12.1 Å². The van der Waals surface area contributed by atoms with Crippen molar-refractivity contribution in [3.63, 3.8) is 0 Å². The van der Waals surface area contributed by atoms with Crippen LogP contribution in [0.25, 0.3) is 0 Å². The minimum atomic E-state index is -4.49. The molecule has 0 spiro atoms. The van der Waals surface area contributed by atoms with E-state index in [1.807, 2.05) is 6.07 Å². The average Bonchev–Trinajstić information content (AvgIpc) is 2.62. The summed E-state index contributed by atoms with van der Waals surface area (Å²) >= 11 is 6.05. The molecule has 1 heterocycles. The second kappa shape index (κ2) is 7.58. The van der Waals surface area contributed by atoms with Crippen molar-refractivity contribution in [3.8, 4) is 0 Å². The standard InChI is InChI=1S/C19H18ClF3N2O/c20-15-7-8-17(25-9-2-1-3-10-25)16(12-15)24-18(26)13-5-4-6-14(11-13)19(21,22)23/h4-8,11-12H,1-3,9-10H2,(H,24,26). The first-order chi connectivity index (χ1) is 12.3. The van der Waals surface area contributed by atoms with Crippen molar-refractivity contribution in [2.24, 2.45) is 0 Å². The van der Waals surface area contributed by atoms with Gasteiger partial charge in [0.05, 0.1) is 16.9 Å². The summed E-state index contributed by atoms with van der Waals surface area (Å²) < 4.78 is 38.6. The van der Waals surface area contributed by atoms with Gasteiger partial charge in [0.2, 0.25) is 0 Å². The predicted octanol–water partition coefficient (Wildman–Crippen LogP) is 5.60. The maximum atomic E-state index is 12.9. The molecule has 26 heavy (non-hydrogen) atoms. The molecule has 0 atom stereocenters. The zero-order valence-corrected chi connectivity index (χ0v) is 14.7. The van der Waals surface area contributed by atoms with Crippen molar-refractivity contribution in [1.29, 1.82) is 0 Å². The van der Waals surface area contributed by atoms with Crippen molar-refractivity contribution in [3.05, 3.63) is 58.6 Å². The zero-order chi connectivity index (χ0) is 18.7. The minimum absolute atomic E-state index is 0.0515. The number of hydrogen-bond donors (Lipinski definition) is 1. The fourth-order valence-electron chi connectivity index (χ4n) is 3.05. The number of carbonyl (C=O) groups excluding carboxylic acids is 1. The van der Waals surface area contributed by atoms with Crippen LogP contribution in [-0.4, -0.2) is 19.0 Å². The van der Waals surface area contributed by atoms with Gasteiger partial charge in [-0.15, -0.1) is 0 Å². The molecular weight excluding hydrogens is 365 g/mol.